The molecule has 0 heterocycles. The number of carboxylic acid groups (broad SMARTS) is 1. The Hall–Kier alpha value is -3.85. The van der Waals surface area contributed by atoms with E-state index in [1.165, 1.54) is 11.6 Å². The number of hydrogen-bond acceptors (Lipinski definition) is 2. The Morgan fingerprint density at radius 3 is 2.37 bits per heavy atom. The van der Waals surface area contributed by atoms with Crippen LogP contribution in [-0.2, 0) is 17.8 Å². The molecule has 0 amide bonds. The Bertz CT molecular complexity index is 1190. The van der Waals surface area contributed by atoms with Crippen LogP contribution in [0.25, 0.3) is 16.8 Å². The van der Waals surface area contributed by atoms with Gasteiger partial charge in [0.2, 0.25) is 0 Å². The van der Waals surface area contributed by atoms with E-state index in [0.717, 1.165) is 39.6 Å². The van der Waals surface area contributed by atoms with E-state index in [9.17, 15) is 4.79 Å². The first-order valence-electron chi connectivity index (χ1n) is 9.86. The molecule has 0 aliphatic carbocycles. The summed E-state index contributed by atoms with van der Waals surface area (Å²) in [6.45, 7) is 0.547. The number of ether oxygens (including phenoxy) is 1. The number of aliphatic carboxylic acids is 1. The van der Waals surface area contributed by atoms with E-state index < -0.39 is 5.97 Å². The van der Waals surface area contributed by atoms with Crippen LogP contribution in [0.15, 0.2) is 97.1 Å². The second kappa shape index (κ2) is 9.10. The van der Waals surface area contributed by atoms with Gasteiger partial charge in [-0.05, 0) is 57.7 Å². The maximum Gasteiger partial charge on any atom is 0.328 e. The summed E-state index contributed by atoms with van der Waals surface area (Å²) in [6.07, 6.45) is 3.56. The van der Waals surface area contributed by atoms with Gasteiger partial charge in [-0.15, -0.1) is 0 Å². The lowest BCUT2D eigenvalue weighted by Crippen LogP contribution is -1.95. The zero-order chi connectivity index (χ0) is 20.8. The fraction of sp³-hybridized carbons (Fsp3) is 0.0741. The van der Waals surface area contributed by atoms with Crippen molar-refractivity contribution in [3.05, 3.63) is 119 Å². The quantitative estimate of drug-likeness (QED) is 0.385. The first-order chi connectivity index (χ1) is 14.7. The van der Waals surface area contributed by atoms with Gasteiger partial charge in [-0.3, -0.25) is 0 Å². The summed E-state index contributed by atoms with van der Waals surface area (Å²) < 4.78 is 5.93. The standard InChI is InChI=1S/C27H22O3/c28-27(29)15-13-22-8-4-5-9-23(22)16-21-10-11-25-18-26(14-12-24(25)17-21)30-19-20-6-2-1-3-7-20/h1-15,17-18H,16,19H2,(H,28,29). The molecular weight excluding hydrogens is 372 g/mol. The summed E-state index contributed by atoms with van der Waals surface area (Å²) >= 11 is 0. The van der Waals surface area contributed by atoms with Crippen LogP contribution in [-0.4, -0.2) is 11.1 Å². The second-order valence-electron chi connectivity index (χ2n) is 7.16. The molecule has 0 saturated heterocycles. The maximum atomic E-state index is 10.8. The summed E-state index contributed by atoms with van der Waals surface area (Å²) in [5.41, 5.74) is 4.34. The number of rotatable bonds is 7. The van der Waals surface area contributed by atoms with Crippen LogP contribution in [0.3, 0.4) is 0 Å². The van der Waals surface area contributed by atoms with Crippen molar-refractivity contribution >= 4 is 22.8 Å². The van der Waals surface area contributed by atoms with E-state index in [1.54, 1.807) is 6.08 Å². The van der Waals surface area contributed by atoms with Crippen LogP contribution >= 0.6 is 0 Å². The lowest BCUT2D eigenvalue weighted by Gasteiger charge is -2.10. The average Bonchev–Trinajstić information content (AvgIpc) is 2.77. The summed E-state index contributed by atoms with van der Waals surface area (Å²) in [5.74, 6) is -0.0935. The van der Waals surface area contributed by atoms with Gasteiger partial charge < -0.3 is 9.84 Å². The number of carbonyl (C=O) groups is 1. The van der Waals surface area contributed by atoms with Gasteiger partial charge in [0.1, 0.15) is 12.4 Å². The van der Waals surface area contributed by atoms with Crippen molar-refractivity contribution in [2.24, 2.45) is 0 Å². The molecule has 4 aromatic rings. The van der Waals surface area contributed by atoms with Gasteiger partial charge >= 0.3 is 5.97 Å². The lowest BCUT2D eigenvalue weighted by molar-refractivity contribution is -0.131. The van der Waals surface area contributed by atoms with E-state index in [1.807, 2.05) is 48.5 Å². The van der Waals surface area contributed by atoms with Gasteiger partial charge in [-0.25, -0.2) is 4.79 Å². The molecule has 0 saturated carbocycles. The average molecular weight is 394 g/mol. The van der Waals surface area contributed by atoms with Crippen molar-refractivity contribution in [1.82, 2.24) is 0 Å². The van der Waals surface area contributed by atoms with Crippen molar-refractivity contribution < 1.29 is 14.6 Å². The fourth-order valence-corrected chi connectivity index (χ4v) is 3.45. The molecule has 0 aliphatic heterocycles. The highest BCUT2D eigenvalue weighted by molar-refractivity contribution is 5.86. The summed E-state index contributed by atoms with van der Waals surface area (Å²) in [6, 6.07) is 30.5. The largest absolute Gasteiger partial charge is 0.489 e. The molecular formula is C27H22O3. The third-order valence-electron chi connectivity index (χ3n) is 4.98. The van der Waals surface area contributed by atoms with Gasteiger partial charge in [0, 0.05) is 6.08 Å². The molecule has 0 spiro atoms. The Morgan fingerprint density at radius 1 is 0.800 bits per heavy atom. The summed E-state index contributed by atoms with van der Waals surface area (Å²) in [5, 5.41) is 11.2. The molecule has 3 nitrogen and oxygen atoms in total. The third kappa shape index (κ3) is 4.95. The normalized spacial score (nSPS) is 11.1. The van der Waals surface area contributed by atoms with E-state index in [2.05, 4.69) is 42.5 Å². The Balaban J connectivity index is 1.51. The van der Waals surface area contributed by atoms with Gasteiger partial charge in [-0.1, -0.05) is 78.9 Å². The van der Waals surface area contributed by atoms with Gasteiger partial charge in [-0.2, -0.15) is 0 Å². The first-order valence-corrected chi connectivity index (χ1v) is 9.86. The van der Waals surface area contributed by atoms with Crippen LogP contribution in [0.4, 0.5) is 0 Å². The Morgan fingerprint density at radius 2 is 1.53 bits per heavy atom. The van der Waals surface area contributed by atoms with Crippen LogP contribution in [0.2, 0.25) is 0 Å². The molecule has 3 heteroatoms. The van der Waals surface area contributed by atoms with Gasteiger partial charge in [0.05, 0.1) is 0 Å². The topological polar surface area (TPSA) is 46.5 Å². The predicted molar refractivity (Wildman–Crippen MR) is 121 cm³/mol. The lowest BCUT2D eigenvalue weighted by atomic mass is 9.97. The highest BCUT2D eigenvalue weighted by Gasteiger charge is 2.04. The maximum absolute atomic E-state index is 10.8. The van der Waals surface area contributed by atoms with Gasteiger partial charge in [0.15, 0.2) is 0 Å². The number of carboxylic acids is 1. The molecule has 0 atom stereocenters. The zero-order valence-electron chi connectivity index (χ0n) is 16.5. The number of benzene rings is 4. The van der Waals surface area contributed by atoms with Crippen LogP contribution in [0.1, 0.15) is 22.3 Å². The van der Waals surface area contributed by atoms with E-state index in [4.69, 9.17) is 9.84 Å². The third-order valence-corrected chi connectivity index (χ3v) is 4.98. The van der Waals surface area contributed by atoms with Crippen molar-refractivity contribution in [1.29, 1.82) is 0 Å². The monoisotopic (exact) mass is 394 g/mol. The molecule has 30 heavy (non-hydrogen) atoms. The Kier molecular flexibility index (Phi) is 5.90. The van der Waals surface area contributed by atoms with Crippen molar-refractivity contribution in [3.8, 4) is 5.75 Å². The van der Waals surface area contributed by atoms with Crippen molar-refractivity contribution in [2.45, 2.75) is 13.0 Å². The molecule has 1 N–H and O–H groups in total. The number of hydrogen-bond donors (Lipinski definition) is 1. The van der Waals surface area contributed by atoms with Crippen molar-refractivity contribution in [3.63, 3.8) is 0 Å². The van der Waals surface area contributed by atoms with Crippen molar-refractivity contribution in [2.75, 3.05) is 0 Å². The fourth-order valence-electron chi connectivity index (χ4n) is 3.45. The van der Waals surface area contributed by atoms with Crippen LogP contribution in [0.5, 0.6) is 5.75 Å². The molecule has 0 bridgehead atoms. The minimum absolute atomic E-state index is 0.547. The predicted octanol–water partition coefficient (Wildman–Crippen LogP) is 6.11. The number of fused-ring (bicyclic) bond motifs is 1. The molecule has 4 aromatic carbocycles. The van der Waals surface area contributed by atoms with E-state index >= 15 is 0 Å². The second-order valence-corrected chi connectivity index (χ2v) is 7.16. The summed E-state index contributed by atoms with van der Waals surface area (Å²) in [4.78, 5) is 10.8. The molecule has 148 valence electrons. The van der Waals surface area contributed by atoms with E-state index in [0.29, 0.717) is 6.61 Å². The highest BCUT2D eigenvalue weighted by Crippen LogP contribution is 2.25. The SMILES string of the molecule is O=C(O)C=Cc1ccccc1Cc1ccc2cc(OCc3ccccc3)ccc2c1. The molecule has 0 radical (unpaired) electrons. The van der Waals surface area contributed by atoms with E-state index in [-0.39, 0.29) is 0 Å². The van der Waals surface area contributed by atoms with Crippen LogP contribution < -0.4 is 4.74 Å². The highest BCUT2D eigenvalue weighted by atomic mass is 16.5. The Labute approximate surface area is 175 Å². The molecule has 0 aliphatic rings. The molecule has 4 rings (SSSR count). The first kappa shape index (κ1) is 19.5. The minimum Gasteiger partial charge on any atom is -0.489 e. The van der Waals surface area contributed by atoms with Gasteiger partial charge in [0.25, 0.3) is 0 Å². The molecule has 0 fully saturated rings. The molecule has 0 aromatic heterocycles. The van der Waals surface area contributed by atoms with Crippen LogP contribution in [0, 0.1) is 0 Å². The molecule has 0 unspecified atom stereocenters. The minimum atomic E-state index is -0.944. The summed E-state index contributed by atoms with van der Waals surface area (Å²) in [7, 11) is 0. The smallest absolute Gasteiger partial charge is 0.328 e. The zero-order valence-corrected chi connectivity index (χ0v) is 16.5.